The smallest absolute Gasteiger partial charge is 0.387 e. The van der Waals surface area contributed by atoms with E-state index in [4.69, 9.17) is 0 Å². The van der Waals surface area contributed by atoms with Crippen LogP contribution in [0.3, 0.4) is 0 Å². The van der Waals surface area contributed by atoms with E-state index in [9.17, 15) is 13.6 Å². The molecule has 2 aromatic rings. The molecule has 1 amide bonds. The fourth-order valence-electron chi connectivity index (χ4n) is 3.73. The van der Waals surface area contributed by atoms with Gasteiger partial charge in [-0.3, -0.25) is 9.69 Å². The van der Waals surface area contributed by atoms with Crippen LogP contribution in [-0.4, -0.2) is 30.0 Å². The van der Waals surface area contributed by atoms with Gasteiger partial charge in [-0.05, 0) is 41.2 Å². The Kier molecular flexibility index (Phi) is 6.62. The van der Waals surface area contributed by atoms with Crippen LogP contribution in [0, 0.1) is 5.92 Å². The number of ether oxygens (including phenoxy) is 1. The molecule has 3 rings (SSSR count). The van der Waals surface area contributed by atoms with Gasteiger partial charge in [0, 0.05) is 19.6 Å². The maximum atomic E-state index is 12.9. The molecule has 1 aliphatic rings. The second-order valence-electron chi connectivity index (χ2n) is 7.42. The van der Waals surface area contributed by atoms with E-state index < -0.39 is 6.61 Å². The molecule has 1 atom stereocenters. The van der Waals surface area contributed by atoms with E-state index in [1.165, 1.54) is 23.3 Å². The summed E-state index contributed by atoms with van der Waals surface area (Å²) in [6.07, 6.45) is 0.943. The number of benzene rings is 2. The maximum absolute atomic E-state index is 12.9. The van der Waals surface area contributed by atoms with Gasteiger partial charge in [-0.1, -0.05) is 50.2 Å². The van der Waals surface area contributed by atoms with Crippen LogP contribution in [0.4, 0.5) is 8.78 Å². The van der Waals surface area contributed by atoms with E-state index in [0.717, 1.165) is 25.1 Å². The monoisotopic (exact) mass is 388 g/mol. The van der Waals surface area contributed by atoms with Crippen molar-refractivity contribution in [2.24, 2.45) is 5.92 Å². The number of carbonyl (C=O) groups is 1. The molecule has 150 valence electrons. The zero-order chi connectivity index (χ0) is 20.1. The summed E-state index contributed by atoms with van der Waals surface area (Å²) in [5.41, 5.74) is 3.47. The van der Waals surface area contributed by atoms with Crippen LogP contribution < -0.4 is 10.1 Å². The number of alkyl halides is 2. The van der Waals surface area contributed by atoms with Gasteiger partial charge in [0.15, 0.2) is 0 Å². The average molecular weight is 388 g/mol. The summed E-state index contributed by atoms with van der Waals surface area (Å²) < 4.78 is 28.8. The molecular formula is C22H26F2N2O2. The second kappa shape index (κ2) is 9.15. The summed E-state index contributed by atoms with van der Waals surface area (Å²) in [7, 11) is 0. The van der Waals surface area contributed by atoms with Gasteiger partial charge in [0.25, 0.3) is 0 Å². The van der Waals surface area contributed by atoms with E-state index in [0.29, 0.717) is 6.54 Å². The predicted molar refractivity (Wildman–Crippen MR) is 104 cm³/mol. The first-order valence-electron chi connectivity index (χ1n) is 9.56. The van der Waals surface area contributed by atoms with E-state index in [1.807, 2.05) is 6.07 Å². The topological polar surface area (TPSA) is 41.6 Å². The molecule has 28 heavy (non-hydrogen) atoms. The molecule has 0 aliphatic carbocycles. The minimum absolute atomic E-state index is 0.0118. The molecule has 0 saturated carbocycles. The van der Waals surface area contributed by atoms with Crippen molar-refractivity contribution in [3.63, 3.8) is 0 Å². The molecule has 6 heteroatoms. The highest BCUT2D eigenvalue weighted by Gasteiger charge is 2.31. The summed E-state index contributed by atoms with van der Waals surface area (Å²) in [6, 6.07) is 14.5. The maximum Gasteiger partial charge on any atom is 0.387 e. The van der Waals surface area contributed by atoms with Gasteiger partial charge in [0.2, 0.25) is 5.91 Å². The highest BCUT2D eigenvalue weighted by Crippen LogP contribution is 2.23. The number of nitrogens with zero attached hydrogens (tertiary/aromatic N) is 1. The SMILES string of the molecule is CC(C)[C@H](C(=O)NCc1ccc(OC(F)F)cc1)N1CCc2ccccc2C1. The van der Waals surface area contributed by atoms with Gasteiger partial charge in [-0.15, -0.1) is 0 Å². The predicted octanol–water partition coefficient (Wildman–Crippen LogP) is 3.99. The van der Waals surface area contributed by atoms with E-state index in [-0.39, 0.29) is 23.6 Å². The Bertz CT molecular complexity index is 793. The summed E-state index contributed by atoms with van der Waals surface area (Å²) >= 11 is 0. The molecule has 0 spiro atoms. The first-order valence-corrected chi connectivity index (χ1v) is 9.56. The lowest BCUT2D eigenvalue weighted by Gasteiger charge is -2.36. The first-order chi connectivity index (χ1) is 13.4. The van der Waals surface area contributed by atoms with Crippen LogP contribution in [0.25, 0.3) is 0 Å². The molecule has 1 heterocycles. The van der Waals surface area contributed by atoms with Gasteiger partial charge in [0.05, 0.1) is 6.04 Å². The largest absolute Gasteiger partial charge is 0.435 e. The Hall–Kier alpha value is -2.47. The number of carbonyl (C=O) groups excluding carboxylic acids is 1. The van der Waals surface area contributed by atoms with Crippen molar-refractivity contribution in [1.29, 1.82) is 0 Å². The Balaban J connectivity index is 1.61. The fourth-order valence-corrected chi connectivity index (χ4v) is 3.73. The van der Waals surface area contributed by atoms with Gasteiger partial charge in [-0.2, -0.15) is 8.78 Å². The van der Waals surface area contributed by atoms with E-state index >= 15 is 0 Å². The number of nitrogens with one attached hydrogen (secondary N) is 1. The Morgan fingerprint density at radius 3 is 2.43 bits per heavy atom. The standard InChI is InChI=1S/C22H26F2N2O2/c1-15(2)20(26-12-11-17-5-3-4-6-18(17)14-26)21(27)25-13-16-7-9-19(10-8-16)28-22(23)24/h3-10,15,20,22H,11-14H2,1-2H3,(H,25,27)/t20-/m1/s1. The number of amides is 1. The van der Waals surface area contributed by atoms with E-state index in [1.54, 1.807) is 12.1 Å². The molecule has 0 fully saturated rings. The lowest BCUT2D eigenvalue weighted by atomic mass is 9.94. The van der Waals surface area contributed by atoms with Crippen molar-refractivity contribution in [2.45, 2.75) is 46.0 Å². The van der Waals surface area contributed by atoms with Crippen molar-refractivity contribution < 1.29 is 18.3 Å². The number of hydrogen-bond donors (Lipinski definition) is 1. The molecule has 0 aromatic heterocycles. The second-order valence-corrected chi connectivity index (χ2v) is 7.42. The third kappa shape index (κ3) is 5.07. The normalized spacial score (nSPS) is 15.4. The van der Waals surface area contributed by atoms with Crippen molar-refractivity contribution in [2.75, 3.05) is 6.54 Å². The third-order valence-corrected chi connectivity index (χ3v) is 5.07. The third-order valence-electron chi connectivity index (χ3n) is 5.07. The Labute approximate surface area is 164 Å². The highest BCUT2D eigenvalue weighted by atomic mass is 19.3. The van der Waals surface area contributed by atoms with Crippen LogP contribution in [0.15, 0.2) is 48.5 Å². The van der Waals surface area contributed by atoms with Crippen molar-refractivity contribution >= 4 is 5.91 Å². The minimum atomic E-state index is -2.84. The van der Waals surface area contributed by atoms with Crippen LogP contribution in [0.1, 0.15) is 30.5 Å². The summed E-state index contributed by atoms with van der Waals surface area (Å²) in [5.74, 6) is 0.270. The van der Waals surface area contributed by atoms with E-state index in [2.05, 4.69) is 47.0 Å². The number of fused-ring (bicyclic) bond motifs is 1. The van der Waals surface area contributed by atoms with Crippen LogP contribution in [-0.2, 0) is 24.3 Å². The summed E-state index contributed by atoms with van der Waals surface area (Å²) in [4.78, 5) is 15.1. The molecule has 2 aromatic carbocycles. The van der Waals surface area contributed by atoms with Crippen molar-refractivity contribution in [1.82, 2.24) is 10.2 Å². The number of halogens is 2. The van der Waals surface area contributed by atoms with Crippen molar-refractivity contribution in [3.05, 3.63) is 65.2 Å². The van der Waals surface area contributed by atoms with Gasteiger partial charge in [-0.25, -0.2) is 0 Å². The molecule has 4 nitrogen and oxygen atoms in total. The average Bonchev–Trinajstić information content (AvgIpc) is 2.67. The van der Waals surface area contributed by atoms with Crippen LogP contribution in [0.2, 0.25) is 0 Å². The molecule has 1 aliphatic heterocycles. The molecule has 0 radical (unpaired) electrons. The number of hydrogen-bond acceptors (Lipinski definition) is 3. The zero-order valence-electron chi connectivity index (χ0n) is 16.2. The molecule has 0 unspecified atom stereocenters. The minimum Gasteiger partial charge on any atom is -0.435 e. The molecule has 0 bridgehead atoms. The number of rotatable bonds is 7. The zero-order valence-corrected chi connectivity index (χ0v) is 16.2. The highest BCUT2D eigenvalue weighted by molar-refractivity contribution is 5.82. The van der Waals surface area contributed by atoms with Crippen LogP contribution in [0.5, 0.6) is 5.75 Å². The molecular weight excluding hydrogens is 362 g/mol. The quantitative estimate of drug-likeness (QED) is 0.780. The first kappa shape index (κ1) is 20.3. The lowest BCUT2D eigenvalue weighted by Crippen LogP contribution is -2.51. The Morgan fingerprint density at radius 1 is 1.11 bits per heavy atom. The summed E-state index contributed by atoms with van der Waals surface area (Å²) in [5, 5.41) is 2.99. The van der Waals surface area contributed by atoms with Crippen LogP contribution >= 0.6 is 0 Å². The fraction of sp³-hybridized carbons (Fsp3) is 0.409. The molecule has 0 saturated heterocycles. The summed E-state index contributed by atoms with van der Waals surface area (Å²) in [6.45, 7) is 3.25. The lowest BCUT2D eigenvalue weighted by molar-refractivity contribution is -0.128. The Morgan fingerprint density at radius 2 is 1.79 bits per heavy atom. The molecule has 1 N–H and O–H groups in total. The van der Waals surface area contributed by atoms with Gasteiger partial charge >= 0.3 is 6.61 Å². The van der Waals surface area contributed by atoms with Gasteiger partial charge < -0.3 is 10.1 Å². The van der Waals surface area contributed by atoms with Gasteiger partial charge in [0.1, 0.15) is 5.75 Å². The van der Waals surface area contributed by atoms with Crippen molar-refractivity contribution in [3.8, 4) is 5.75 Å².